The number of rotatable bonds is 8. The first kappa shape index (κ1) is 16.0. The predicted octanol–water partition coefficient (Wildman–Crippen LogP) is 1.27. The van der Waals surface area contributed by atoms with Crippen molar-refractivity contribution < 1.29 is 14.3 Å². The van der Waals surface area contributed by atoms with E-state index in [2.05, 4.69) is 11.9 Å². The van der Waals surface area contributed by atoms with E-state index in [4.69, 9.17) is 15.2 Å². The average molecular weight is 278 g/mol. The second-order valence-corrected chi connectivity index (χ2v) is 4.32. The van der Waals surface area contributed by atoms with Gasteiger partial charge in [-0.15, -0.1) is 6.58 Å². The molecule has 1 amide bonds. The normalized spacial score (nSPS) is 11.6. The fraction of sp³-hybridized carbons (Fsp3) is 0.400. The number of carbonyl (C=O) groups excluding carboxylic acids is 1. The van der Waals surface area contributed by atoms with E-state index >= 15 is 0 Å². The third-order valence-electron chi connectivity index (χ3n) is 2.75. The van der Waals surface area contributed by atoms with Gasteiger partial charge in [0.2, 0.25) is 0 Å². The molecule has 1 atom stereocenters. The highest BCUT2D eigenvalue weighted by Gasteiger charge is 2.16. The van der Waals surface area contributed by atoms with Gasteiger partial charge in [-0.1, -0.05) is 12.1 Å². The van der Waals surface area contributed by atoms with Crippen molar-refractivity contribution in [1.29, 1.82) is 0 Å². The molecule has 0 spiro atoms. The molecule has 0 heterocycles. The molecule has 0 saturated carbocycles. The van der Waals surface area contributed by atoms with Crippen molar-refractivity contribution in [1.82, 2.24) is 5.32 Å². The van der Waals surface area contributed by atoms with Gasteiger partial charge in [0.25, 0.3) is 5.91 Å². The molecule has 1 aromatic rings. The molecule has 0 fully saturated rings. The van der Waals surface area contributed by atoms with E-state index in [0.717, 1.165) is 12.0 Å². The zero-order valence-corrected chi connectivity index (χ0v) is 12.0. The zero-order valence-electron chi connectivity index (χ0n) is 12.0. The van der Waals surface area contributed by atoms with Gasteiger partial charge in [-0.25, -0.2) is 0 Å². The highest BCUT2D eigenvalue weighted by Crippen LogP contribution is 2.29. The first-order valence-corrected chi connectivity index (χ1v) is 6.54. The van der Waals surface area contributed by atoms with E-state index in [0.29, 0.717) is 24.6 Å². The van der Waals surface area contributed by atoms with Gasteiger partial charge < -0.3 is 20.5 Å². The second-order valence-electron chi connectivity index (χ2n) is 4.32. The van der Waals surface area contributed by atoms with E-state index in [9.17, 15) is 4.79 Å². The number of methoxy groups -OCH3 is 1. The summed E-state index contributed by atoms with van der Waals surface area (Å²) in [7, 11) is 1.56. The lowest BCUT2D eigenvalue weighted by Crippen LogP contribution is -2.36. The summed E-state index contributed by atoms with van der Waals surface area (Å²) < 4.78 is 10.9. The predicted molar refractivity (Wildman–Crippen MR) is 79.0 cm³/mol. The molecule has 0 aliphatic carbocycles. The van der Waals surface area contributed by atoms with Crippen molar-refractivity contribution in [3.8, 4) is 11.5 Å². The molecular formula is C15H22N2O3. The van der Waals surface area contributed by atoms with Crippen LogP contribution in [0.3, 0.4) is 0 Å². The monoisotopic (exact) mass is 278 g/mol. The molecular weight excluding hydrogens is 256 g/mol. The van der Waals surface area contributed by atoms with Crippen LogP contribution in [0.5, 0.6) is 11.5 Å². The molecule has 0 saturated heterocycles. The molecule has 1 rings (SSSR count). The average Bonchev–Trinajstić information content (AvgIpc) is 2.45. The molecule has 0 aliphatic rings. The fourth-order valence-corrected chi connectivity index (χ4v) is 1.70. The maximum Gasteiger partial charge on any atom is 0.261 e. The van der Waals surface area contributed by atoms with Gasteiger partial charge in [0.05, 0.1) is 7.11 Å². The van der Waals surface area contributed by atoms with Crippen LogP contribution in [0.25, 0.3) is 0 Å². The summed E-state index contributed by atoms with van der Waals surface area (Å²) in [5, 5.41) is 2.69. The van der Waals surface area contributed by atoms with Gasteiger partial charge in [-0.2, -0.15) is 0 Å². The molecule has 20 heavy (non-hydrogen) atoms. The third kappa shape index (κ3) is 4.59. The van der Waals surface area contributed by atoms with Gasteiger partial charge in [-0.05, 0) is 37.6 Å². The fourth-order valence-electron chi connectivity index (χ4n) is 1.70. The van der Waals surface area contributed by atoms with E-state index in [-0.39, 0.29) is 5.91 Å². The van der Waals surface area contributed by atoms with Crippen LogP contribution >= 0.6 is 0 Å². The molecule has 0 aliphatic heterocycles. The maximum atomic E-state index is 11.8. The highest BCUT2D eigenvalue weighted by atomic mass is 16.5. The van der Waals surface area contributed by atoms with E-state index in [1.807, 2.05) is 18.2 Å². The Hall–Kier alpha value is -2.01. The SMILES string of the molecule is C=CCNC(=O)C(C)Oc1cc(CCN)ccc1OC. The Morgan fingerprint density at radius 2 is 2.25 bits per heavy atom. The minimum absolute atomic E-state index is 0.198. The molecule has 5 nitrogen and oxygen atoms in total. The molecule has 1 unspecified atom stereocenters. The molecule has 0 aromatic heterocycles. The van der Waals surface area contributed by atoms with E-state index < -0.39 is 6.10 Å². The number of nitrogens with two attached hydrogens (primary N) is 1. The van der Waals surface area contributed by atoms with E-state index in [1.165, 1.54) is 0 Å². The number of benzene rings is 1. The van der Waals surface area contributed by atoms with Gasteiger partial charge in [0, 0.05) is 6.54 Å². The number of ether oxygens (including phenoxy) is 2. The summed E-state index contributed by atoms with van der Waals surface area (Å²) in [6.45, 7) is 6.21. The number of hydrogen-bond acceptors (Lipinski definition) is 4. The number of hydrogen-bond donors (Lipinski definition) is 2. The number of carbonyl (C=O) groups is 1. The highest BCUT2D eigenvalue weighted by molar-refractivity contribution is 5.80. The van der Waals surface area contributed by atoms with Crippen LogP contribution in [0.2, 0.25) is 0 Å². The van der Waals surface area contributed by atoms with Crippen LogP contribution in [-0.4, -0.2) is 32.2 Å². The lowest BCUT2D eigenvalue weighted by atomic mass is 10.1. The summed E-state index contributed by atoms with van der Waals surface area (Å²) in [6.07, 6.45) is 1.75. The standard InChI is InChI=1S/C15H22N2O3/c1-4-9-17-15(18)11(2)20-14-10-12(7-8-16)5-6-13(14)19-3/h4-6,10-11H,1,7-9,16H2,2-3H3,(H,17,18). The Bertz CT molecular complexity index is 460. The molecule has 5 heteroatoms. The van der Waals surface area contributed by atoms with Crippen LogP contribution in [-0.2, 0) is 11.2 Å². The van der Waals surface area contributed by atoms with Crippen molar-refractivity contribution in [2.45, 2.75) is 19.4 Å². The van der Waals surface area contributed by atoms with E-state index in [1.54, 1.807) is 20.1 Å². The second kappa shape index (κ2) is 8.22. The summed E-state index contributed by atoms with van der Waals surface area (Å²) in [5.41, 5.74) is 6.58. The molecule has 110 valence electrons. The zero-order chi connectivity index (χ0) is 15.0. The summed E-state index contributed by atoms with van der Waals surface area (Å²) >= 11 is 0. The first-order chi connectivity index (χ1) is 9.62. The summed E-state index contributed by atoms with van der Waals surface area (Å²) in [6, 6.07) is 5.60. The topological polar surface area (TPSA) is 73.6 Å². The van der Waals surface area contributed by atoms with Gasteiger partial charge in [0.15, 0.2) is 17.6 Å². The van der Waals surface area contributed by atoms with Crippen molar-refractivity contribution in [2.24, 2.45) is 5.73 Å². The minimum Gasteiger partial charge on any atom is -0.493 e. The minimum atomic E-state index is -0.614. The Morgan fingerprint density at radius 3 is 2.85 bits per heavy atom. The third-order valence-corrected chi connectivity index (χ3v) is 2.75. The Kier molecular flexibility index (Phi) is 6.59. The maximum absolute atomic E-state index is 11.8. The van der Waals surface area contributed by atoms with Crippen LogP contribution in [0, 0.1) is 0 Å². The lowest BCUT2D eigenvalue weighted by molar-refractivity contribution is -0.127. The van der Waals surface area contributed by atoms with Crippen molar-refractivity contribution >= 4 is 5.91 Å². The Balaban J connectivity index is 2.80. The van der Waals surface area contributed by atoms with Crippen molar-refractivity contribution in [3.63, 3.8) is 0 Å². The van der Waals surface area contributed by atoms with Gasteiger partial charge in [-0.3, -0.25) is 4.79 Å². The summed E-state index contributed by atoms with van der Waals surface area (Å²) in [4.78, 5) is 11.8. The van der Waals surface area contributed by atoms with Gasteiger partial charge >= 0.3 is 0 Å². The van der Waals surface area contributed by atoms with Crippen molar-refractivity contribution in [3.05, 3.63) is 36.4 Å². The quantitative estimate of drug-likeness (QED) is 0.702. The Labute approximate surface area is 119 Å². The molecule has 0 radical (unpaired) electrons. The number of nitrogens with one attached hydrogen (secondary N) is 1. The van der Waals surface area contributed by atoms with Crippen LogP contribution in [0.1, 0.15) is 12.5 Å². The lowest BCUT2D eigenvalue weighted by Gasteiger charge is -2.17. The smallest absolute Gasteiger partial charge is 0.261 e. The van der Waals surface area contributed by atoms with Crippen LogP contribution < -0.4 is 20.5 Å². The summed E-state index contributed by atoms with van der Waals surface area (Å²) in [5.74, 6) is 0.935. The van der Waals surface area contributed by atoms with Crippen molar-refractivity contribution in [2.75, 3.05) is 20.2 Å². The van der Waals surface area contributed by atoms with Crippen LogP contribution in [0.15, 0.2) is 30.9 Å². The molecule has 3 N–H and O–H groups in total. The molecule has 0 bridgehead atoms. The Morgan fingerprint density at radius 1 is 1.50 bits per heavy atom. The van der Waals surface area contributed by atoms with Crippen LogP contribution in [0.4, 0.5) is 0 Å². The number of amides is 1. The first-order valence-electron chi connectivity index (χ1n) is 6.54. The largest absolute Gasteiger partial charge is 0.493 e. The van der Waals surface area contributed by atoms with Gasteiger partial charge in [0.1, 0.15) is 0 Å². The molecule has 1 aromatic carbocycles.